The third kappa shape index (κ3) is 7.89. The number of esters is 1. The summed E-state index contributed by atoms with van der Waals surface area (Å²) in [6.07, 6.45) is 19.1. The van der Waals surface area contributed by atoms with Crippen LogP contribution < -0.4 is 0 Å². The first-order valence-corrected chi connectivity index (χ1v) is 16.1. The normalized spacial score (nSPS) is 18.2. The molecule has 0 aromatic heterocycles. The Hall–Kier alpha value is -2.99. The molecule has 0 spiro atoms. The third-order valence-corrected chi connectivity index (χ3v) is 10.2. The highest BCUT2D eigenvalue weighted by Gasteiger charge is 2.45. The lowest BCUT2D eigenvalue weighted by atomic mass is 9.90. The first-order valence-electron chi connectivity index (χ1n) is 14.7. The topological polar surface area (TPSA) is 49.8 Å². The Balaban J connectivity index is 1.33. The van der Waals surface area contributed by atoms with Gasteiger partial charge in [0.15, 0.2) is 0 Å². The van der Waals surface area contributed by atoms with Gasteiger partial charge in [0.2, 0.25) is 0 Å². The molecule has 42 heavy (non-hydrogen) atoms. The van der Waals surface area contributed by atoms with Crippen molar-refractivity contribution in [2.75, 3.05) is 19.4 Å². The number of methoxy groups -OCH3 is 1. The number of carbonyl (C=O) groups is 1. The molecule has 0 saturated heterocycles. The summed E-state index contributed by atoms with van der Waals surface area (Å²) < 4.78 is 4.99. The number of fused-ring (bicyclic) bond motifs is 1. The van der Waals surface area contributed by atoms with Gasteiger partial charge in [0.25, 0.3) is 0 Å². The van der Waals surface area contributed by atoms with E-state index < -0.39 is 5.60 Å². The molecule has 220 valence electrons. The van der Waals surface area contributed by atoms with Crippen LogP contribution in [0.4, 0.5) is 0 Å². The largest absolute Gasteiger partial charge is 0.469 e. The Morgan fingerprint density at radius 2 is 1.98 bits per heavy atom. The molecule has 1 atom stereocenters. The average Bonchev–Trinajstić information content (AvgIpc) is 3.75. The Bertz CT molecular complexity index is 1460. The molecule has 0 unspecified atom stereocenters. The van der Waals surface area contributed by atoms with Gasteiger partial charge in [0.1, 0.15) is 0 Å². The molecule has 1 fully saturated rings. The van der Waals surface area contributed by atoms with Crippen molar-refractivity contribution in [1.82, 2.24) is 4.90 Å². The molecule has 4 nitrogen and oxygen atoms in total. The fourth-order valence-electron chi connectivity index (χ4n) is 5.59. The number of hydrogen-bond acceptors (Lipinski definition) is 5. The van der Waals surface area contributed by atoms with Crippen LogP contribution >= 0.6 is 23.4 Å². The first kappa shape index (κ1) is 30.5. The number of nitrogens with zero attached hydrogens (tertiary/aromatic N) is 1. The van der Waals surface area contributed by atoms with E-state index in [1.165, 1.54) is 23.8 Å². The van der Waals surface area contributed by atoms with Crippen molar-refractivity contribution in [3.8, 4) is 0 Å². The van der Waals surface area contributed by atoms with Crippen LogP contribution in [0.2, 0.25) is 0 Å². The fourth-order valence-corrected chi connectivity index (χ4v) is 7.34. The summed E-state index contributed by atoms with van der Waals surface area (Å²) in [7, 11) is 1.47. The highest BCUT2D eigenvalue weighted by molar-refractivity contribution is 7.99. The number of allylic oxidation sites excluding steroid dienone is 6. The van der Waals surface area contributed by atoms with Crippen LogP contribution in [0.5, 0.6) is 0 Å². The molecule has 0 bridgehead atoms. The van der Waals surface area contributed by atoms with Crippen LogP contribution in [0.25, 0.3) is 6.08 Å². The van der Waals surface area contributed by atoms with E-state index in [-0.39, 0.29) is 16.6 Å². The number of rotatable bonds is 12. The Morgan fingerprint density at radius 3 is 2.74 bits per heavy atom. The maximum Gasteiger partial charge on any atom is 0.306 e. The number of aliphatic hydroxyl groups is 1. The van der Waals surface area contributed by atoms with Crippen LogP contribution in [-0.2, 0) is 21.6 Å². The summed E-state index contributed by atoms with van der Waals surface area (Å²) in [5.41, 5.74) is 6.09. The quantitative estimate of drug-likeness (QED) is 0.247. The molecule has 6 heteroatoms. The van der Waals surface area contributed by atoms with Gasteiger partial charge >= 0.3 is 5.97 Å². The van der Waals surface area contributed by atoms with Crippen LogP contribution in [0, 0.1) is 5.41 Å². The highest BCUT2D eigenvalue weighted by atomic mass is 35.5. The molecule has 1 N–H and O–H groups in total. The van der Waals surface area contributed by atoms with Gasteiger partial charge < -0.3 is 14.7 Å². The van der Waals surface area contributed by atoms with E-state index >= 15 is 0 Å². The van der Waals surface area contributed by atoms with Gasteiger partial charge in [-0.2, -0.15) is 11.8 Å². The lowest BCUT2D eigenvalue weighted by Gasteiger charge is -2.26. The Morgan fingerprint density at radius 1 is 1.17 bits per heavy atom. The number of halogens is 1. The molecule has 2 aliphatic heterocycles. The monoisotopic (exact) mass is 601 g/mol. The highest BCUT2D eigenvalue weighted by Crippen LogP contribution is 2.53. The molecule has 2 aromatic carbocycles. The first-order chi connectivity index (χ1) is 20.1. The second-order valence-corrected chi connectivity index (χ2v) is 13.7. The molecular formula is C36H40ClNO3S. The van der Waals surface area contributed by atoms with Crippen LogP contribution in [0.15, 0.2) is 101 Å². The smallest absolute Gasteiger partial charge is 0.306 e. The van der Waals surface area contributed by atoms with E-state index in [4.69, 9.17) is 16.3 Å². The van der Waals surface area contributed by atoms with Crippen molar-refractivity contribution in [1.29, 1.82) is 0 Å². The summed E-state index contributed by atoms with van der Waals surface area (Å²) in [5.74, 6) is 0.817. The molecule has 2 aromatic rings. The minimum atomic E-state index is -0.890. The van der Waals surface area contributed by atoms with E-state index in [1.54, 1.807) is 0 Å². The summed E-state index contributed by atoms with van der Waals surface area (Å²) in [4.78, 5) is 14.2. The number of benzene rings is 2. The molecular weight excluding hydrogens is 562 g/mol. The molecule has 2 heterocycles. The van der Waals surface area contributed by atoms with E-state index in [0.717, 1.165) is 59.8 Å². The molecule has 3 aliphatic rings. The number of carbonyl (C=O) groups excluding carboxylic acids is 1. The van der Waals surface area contributed by atoms with Crippen LogP contribution in [0.3, 0.4) is 0 Å². The zero-order chi connectivity index (χ0) is 29.7. The summed E-state index contributed by atoms with van der Waals surface area (Å²) in [5, 5.41) is 11.8. The summed E-state index contributed by atoms with van der Waals surface area (Å²) in [6.45, 7) is 4.50. The predicted molar refractivity (Wildman–Crippen MR) is 175 cm³/mol. The van der Waals surface area contributed by atoms with Gasteiger partial charge in [0, 0.05) is 29.4 Å². The van der Waals surface area contributed by atoms with Gasteiger partial charge in [-0.1, -0.05) is 78.4 Å². The molecule has 5 rings (SSSR count). The van der Waals surface area contributed by atoms with Crippen molar-refractivity contribution in [2.24, 2.45) is 5.41 Å². The maximum absolute atomic E-state index is 12.1. The van der Waals surface area contributed by atoms with Gasteiger partial charge in [-0.25, -0.2) is 0 Å². The summed E-state index contributed by atoms with van der Waals surface area (Å²) in [6, 6.07) is 17.0. The zero-order valence-corrected chi connectivity index (χ0v) is 26.3. The van der Waals surface area contributed by atoms with Crippen molar-refractivity contribution >= 4 is 35.4 Å². The minimum Gasteiger partial charge on any atom is -0.469 e. The zero-order valence-electron chi connectivity index (χ0n) is 24.7. The lowest BCUT2D eigenvalue weighted by molar-refractivity contribution is -0.141. The van der Waals surface area contributed by atoms with Crippen LogP contribution in [-0.4, -0.2) is 35.4 Å². The minimum absolute atomic E-state index is 0.0559. The lowest BCUT2D eigenvalue weighted by Crippen LogP contribution is -2.20. The number of aryl methyl sites for hydroxylation is 1. The standard InChI is InChI=1S/C36H40ClNO3S/c1-35(2,40)32-10-5-4-8-28(32)13-16-33(42-25-36(18-19-36)23-34(39)41-3)29-9-6-7-26(21-29)11-12-27-17-20-38-24-30(37)14-15-31(38)22-27/h4-12,14-15,17,21-22,24,33,40H,13,16,18-20,23,25H2,1-3H3/t33-/m1/s1. The Kier molecular flexibility index (Phi) is 9.51. The van der Waals surface area contributed by atoms with Crippen molar-refractivity contribution < 1.29 is 14.6 Å². The molecule has 0 radical (unpaired) electrons. The average molecular weight is 602 g/mol. The molecule has 1 saturated carbocycles. The van der Waals surface area contributed by atoms with Gasteiger partial charge in [-0.3, -0.25) is 4.79 Å². The van der Waals surface area contributed by atoms with Crippen LogP contribution in [0.1, 0.15) is 67.0 Å². The van der Waals surface area contributed by atoms with Gasteiger partial charge in [0.05, 0.1) is 24.2 Å². The number of ether oxygens (including phenoxy) is 1. The van der Waals surface area contributed by atoms with Crippen molar-refractivity contribution in [3.05, 3.63) is 124 Å². The second kappa shape index (κ2) is 13.1. The SMILES string of the molecule is COC(=O)CC1(CS[C@H](CCc2ccccc2C(C)(C)O)c2cccc(C=CC3=CCN4C=C(Cl)C=CC4=C3)c2)CC1. The third-order valence-electron chi connectivity index (χ3n) is 8.26. The fraction of sp³-hybridized carbons (Fsp3) is 0.361. The second-order valence-electron chi connectivity index (χ2n) is 12.1. The Labute approximate surface area is 259 Å². The maximum atomic E-state index is 12.1. The summed E-state index contributed by atoms with van der Waals surface area (Å²) >= 11 is 8.11. The molecule has 1 aliphatic carbocycles. The molecule has 0 amide bonds. The van der Waals surface area contributed by atoms with E-state index in [1.807, 2.05) is 50.0 Å². The number of hydrogen-bond donors (Lipinski definition) is 1. The predicted octanol–water partition coefficient (Wildman–Crippen LogP) is 8.45. The van der Waals surface area contributed by atoms with Gasteiger partial charge in [-0.05, 0) is 91.0 Å². The van der Waals surface area contributed by atoms with E-state index in [9.17, 15) is 9.90 Å². The van der Waals surface area contributed by atoms with E-state index in [2.05, 4.69) is 71.7 Å². The van der Waals surface area contributed by atoms with Crippen molar-refractivity contribution in [2.45, 2.75) is 56.8 Å². The number of thioether (sulfide) groups is 1. The van der Waals surface area contributed by atoms with E-state index in [0.29, 0.717) is 6.42 Å². The van der Waals surface area contributed by atoms with Crippen molar-refractivity contribution in [3.63, 3.8) is 0 Å². The van der Waals surface area contributed by atoms with Gasteiger partial charge in [-0.15, -0.1) is 0 Å².